The SMILES string of the molecule is Cc1ncsc1-c1ccc([C@H](C)NC(=O)[C@@H]2C[C@@H](O)CN2C(=O)[C@@H](NC(=O)CCCC2(N3CCN(c4ccc(C(=O)N[C@H]5C(C)(C)[C@H](Oc6ccc(C#N)c(Cl)c6)C5(C)C)cn4)CC3)COC2)C(C)(C)C)cc1. The Kier molecular flexibility index (Phi) is 15.7. The number of nitrogens with zero attached hydrogens (tertiary/aromatic N) is 6. The molecule has 8 rings (SSSR count). The molecule has 5 heterocycles. The van der Waals surface area contributed by atoms with E-state index in [1.807, 2.05) is 76.5 Å². The van der Waals surface area contributed by atoms with Gasteiger partial charge in [-0.25, -0.2) is 9.97 Å². The highest BCUT2D eigenvalue weighted by atomic mass is 35.5. The largest absolute Gasteiger partial charge is 0.489 e. The number of pyridine rings is 1. The number of aliphatic hydroxyl groups is 1. The molecule has 2 aromatic heterocycles. The van der Waals surface area contributed by atoms with Crippen LogP contribution in [0.15, 0.2) is 66.3 Å². The Morgan fingerprint density at radius 3 is 2.26 bits per heavy atom. The van der Waals surface area contributed by atoms with Crippen molar-refractivity contribution in [2.24, 2.45) is 16.2 Å². The summed E-state index contributed by atoms with van der Waals surface area (Å²) in [6.45, 7) is 22.0. The number of amides is 4. The van der Waals surface area contributed by atoms with Crippen LogP contribution in [-0.2, 0) is 19.1 Å². The molecule has 0 unspecified atom stereocenters. The number of thiazole rings is 1. The third-order valence-electron chi connectivity index (χ3n) is 15.6. The van der Waals surface area contributed by atoms with E-state index in [1.165, 1.54) is 4.90 Å². The molecule has 0 radical (unpaired) electrons. The number of piperazine rings is 1. The Bertz CT molecular complexity index is 2690. The van der Waals surface area contributed by atoms with Crippen molar-refractivity contribution in [3.05, 3.63) is 93.7 Å². The van der Waals surface area contributed by atoms with Gasteiger partial charge in [-0.1, -0.05) is 84.3 Å². The number of nitriles is 1. The summed E-state index contributed by atoms with van der Waals surface area (Å²) in [5, 5.41) is 29.7. The lowest BCUT2D eigenvalue weighted by molar-refractivity contribution is -0.164. The third-order valence-corrected chi connectivity index (χ3v) is 16.9. The fourth-order valence-corrected chi connectivity index (χ4v) is 12.6. The second kappa shape index (κ2) is 21.3. The van der Waals surface area contributed by atoms with Crippen LogP contribution < -0.4 is 25.6 Å². The highest BCUT2D eigenvalue weighted by Gasteiger charge is 2.64. The average molecular weight is 1040 g/mol. The predicted octanol–water partition coefficient (Wildman–Crippen LogP) is 7.08. The summed E-state index contributed by atoms with van der Waals surface area (Å²) in [5.74, 6) is 0.177. The number of hydrogen-bond acceptors (Lipinski definition) is 13. The first-order valence-electron chi connectivity index (χ1n) is 25.3. The maximum Gasteiger partial charge on any atom is 0.253 e. The summed E-state index contributed by atoms with van der Waals surface area (Å²) in [5.41, 5.74) is 3.93. The Balaban J connectivity index is 0.799. The minimum absolute atomic E-state index is 0.000889. The average Bonchev–Trinajstić information content (AvgIpc) is 3.97. The van der Waals surface area contributed by atoms with E-state index in [2.05, 4.69) is 64.5 Å². The van der Waals surface area contributed by atoms with Crippen LogP contribution >= 0.6 is 22.9 Å². The summed E-state index contributed by atoms with van der Waals surface area (Å²) in [6, 6.07) is 16.5. The van der Waals surface area contributed by atoms with E-state index in [4.69, 9.17) is 26.1 Å². The van der Waals surface area contributed by atoms with Crippen LogP contribution in [0.1, 0.15) is 114 Å². The van der Waals surface area contributed by atoms with Crippen molar-refractivity contribution < 1.29 is 33.8 Å². The summed E-state index contributed by atoms with van der Waals surface area (Å²) >= 11 is 7.85. The van der Waals surface area contributed by atoms with Crippen LogP contribution in [0.5, 0.6) is 5.75 Å². The predicted molar refractivity (Wildman–Crippen MR) is 281 cm³/mol. The van der Waals surface area contributed by atoms with Crippen molar-refractivity contribution in [3.63, 3.8) is 0 Å². The second-order valence-electron chi connectivity index (χ2n) is 22.6. The van der Waals surface area contributed by atoms with E-state index in [0.717, 1.165) is 60.1 Å². The number of carbonyl (C=O) groups is 4. The van der Waals surface area contributed by atoms with Crippen LogP contribution in [0, 0.1) is 34.5 Å². The van der Waals surface area contributed by atoms with Crippen LogP contribution in [0.25, 0.3) is 10.4 Å². The molecule has 4 atom stereocenters. The van der Waals surface area contributed by atoms with Crippen LogP contribution in [0.2, 0.25) is 5.02 Å². The monoisotopic (exact) mass is 1040 g/mol. The standard InChI is InChI=1S/C55H70ClN9O7S/c1-33(35-12-14-36(15-13-35)45-34(2)59-32-73-45)60-48(69)42-25-39(66)29-65(42)49(70)46(52(3,4)5)61-44(67)11-10-20-55(30-71-31-55)64-23-21-63(22-24-64)43-19-17-38(28-58-43)47(68)62-50-53(6,7)51(54(50,8)9)72-40-18-16-37(27-57)41(56)26-40/h12-19,26,28,32-33,39,42,46,50-51,66H,10-11,20-25,29-31H2,1-9H3,(H,60,69)(H,61,67)(H,62,68)/t33-,39+,42-,46+,50-,51-/m0/s1. The van der Waals surface area contributed by atoms with Gasteiger partial charge in [-0.3, -0.25) is 24.1 Å². The van der Waals surface area contributed by atoms with E-state index in [9.17, 15) is 29.5 Å². The Morgan fingerprint density at radius 2 is 1.68 bits per heavy atom. The molecule has 2 aromatic carbocycles. The van der Waals surface area contributed by atoms with Gasteiger partial charge >= 0.3 is 0 Å². The van der Waals surface area contributed by atoms with Gasteiger partial charge in [-0.05, 0) is 67.5 Å². The molecule has 4 aliphatic rings. The molecule has 16 nitrogen and oxygen atoms in total. The van der Waals surface area contributed by atoms with Gasteiger partial charge in [0.15, 0.2) is 0 Å². The zero-order valence-electron chi connectivity index (χ0n) is 43.5. The first-order chi connectivity index (χ1) is 34.5. The Labute approximate surface area is 438 Å². The van der Waals surface area contributed by atoms with Gasteiger partial charge in [0.25, 0.3) is 5.91 Å². The zero-order chi connectivity index (χ0) is 52.6. The molecular formula is C55H70ClN9O7S. The molecule has 390 valence electrons. The van der Waals surface area contributed by atoms with Gasteiger partial charge < -0.3 is 40.3 Å². The first-order valence-corrected chi connectivity index (χ1v) is 26.6. The van der Waals surface area contributed by atoms with Gasteiger partial charge in [0.2, 0.25) is 17.7 Å². The number of ether oxygens (including phenoxy) is 2. The number of carbonyl (C=O) groups excluding carboxylic acids is 4. The number of β-amino-alcohol motifs (C(OH)–C–C–N with tert-alkyl or cyclic N) is 1. The van der Waals surface area contributed by atoms with E-state index in [1.54, 1.807) is 35.7 Å². The van der Waals surface area contributed by atoms with Gasteiger partial charge in [-0.2, -0.15) is 5.26 Å². The maximum atomic E-state index is 14.3. The van der Waals surface area contributed by atoms with Crippen LogP contribution in [0.3, 0.4) is 0 Å². The summed E-state index contributed by atoms with van der Waals surface area (Å²) in [6.07, 6.45) is 2.20. The highest BCUT2D eigenvalue weighted by Crippen LogP contribution is 2.55. The topological polar surface area (TPSA) is 202 Å². The maximum absolute atomic E-state index is 14.3. The Morgan fingerprint density at radius 1 is 0.986 bits per heavy atom. The minimum atomic E-state index is -0.912. The smallest absolute Gasteiger partial charge is 0.253 e. The summed E-state index contributed by atoms with van der Waals surface area (Å²) in [7, 11) is 0. The van der Waals surface area contributed by atoms with Crippen molar-refractivity contribution in [1.29, 1.82) is 5.26 Å². The van der Waals surface area contributed by atoms with Gasteiger partial charge in [-0.15, -0.1) is 11.3 Å². The molecule has 4 aromatic rings. The number of aryl methyl sites for hydroxylation is 1. The molecule has 0 spiro atoms. The summed E-state index contributed by atoms with van der Waals surface area (Å²) < 4.78 is 12.2. The highest BCUT2D eigenvalue weighted by molar-refractivity contribution is 7.13. The van der Waals surface area contributed by atoms with Crippen molar-refractivity contribution in [1.82, 2.24) is 35.7 Å². The molecule has 4 amide bonds. The van der Waals surface area contributed by atoms with E-state index in [0.29, 0.717) is 41.5 Å². The number of rotatable bonds is 16. The minimum Gasteiger partial charge on any atom is -0.489 e. The molecule has 4 N–H and O–H groups in total. The molecule has 1 aliphatic carbocycles. The molecular weight excluding hydrogens is 966 g/mol. The lowest BCUT2D eigenvalue weighted by Gasteiger charge is -2.63. The Hall–Kier alpha value is -5.64. The number of anilines is 1. The molecule has 4 fully saturated rings. The van der Waals surface area contributed by atoms with Crippen molar-refractivity contribution in [2.45, 2.75) is 130 Å². The van der Waals surface area contributed by atoms with Crippen LogP contribution in [0.4, 0.5) is 5.82 Å². The van der Waals surface area contributed by atoms with Crippen molar-refractivity contribution in [3.8, 4) is 22.3 Å². The molecule has 3 aliphatic heterocycles. The number of halogens is 1. The van der Waals surface area contributed by atoms with Crippen LogP contribution in [-0.4, -0.2) is 130 Å². The quantitative estimate of drug-likeness (QED) is 0.0890. The lowest BCUT2D eigenvalue weighted by Crippen LogP contribution is -2.74. The zero-order valence-corrected chi connectivity index (χ0v) is 45.0. The second-order valence-corrected chi connectivity index (χ2v) is 23.9. The third kappa shape index (κ3) is 11.2. The normalized spacial score (nSPS) is 23.0. The number of hydrogen-bond donors (Lipinski definition) is 4. The van der Waals surface area contributed by atoms with E-state index < -0.39 is 40.3 Å². The summed E-state index contributed by atoms with van der Waals surface area (Å²) in [4.78, 5) is 71.6. The van der Waals surface area contributed by atoms with Gasteiger partial charge in [0.05, 0.1) is 63.1 Å². The van der Waals surface area contributed by atoms with Crippen molar-refractivity contribution >= 4 is 52.4 Å². The number of aromatic nitrogens is 2. The number of aliphatic hydroxyl groups excluding tert-OH is 1. The number of benzene rings is 2. The molecule has 18 heteroatoms. The number of likely N-dealkylation sites (tertiary alicyclic amines) is 1. The van der Waals surface area contributed by atoms with Gasteiger partial charge in [0, 0.05) is 74.7 Å². The fraction of sp³-hybridized carbons (Fsp3) is 0.545. The van der Waals surface area contributed by atoms with Gasteiger partial charge in [0.1, 0.15) is 35.8 Å². The molecule has 73 heavy (non-hydrogen) atoms. The fourth-order valence-electron chi connectivity index (χ4n) is 11.6. The first kappa shape index (κ1) is 53.6. The molecule has 0 bridgehead atoms. The van der Waals surface area contributed by atoms with Crippen molar-refractivity contribution in [2.75, 3.05) is 50.8 Å². The molecule has 3 saturated heterocycles. The van der Waals surface area contributed by atoms with E-state index >= 15 is 0 Å². The lowest BCUT2D eigenvalue weighted by atomic mass is 9.49. The number of nitrogens with one attached hydrogen (secondary N) is 3. The molecule has 1 saturated carbocycles. The van der Waals surface area contributed by atoms with E-state index in [-0.39, 0.29) is 60.8 Å².